The van der Waals surface area contributed by atoms with Crippen molar-refractivity contribution in [1.29, 1.82) is 0 Å². The van der Waals surface area contributed by atoms with Gasteiger partial charge >= 0.3 is 0 Å². The zero-order valence-corrected chi connectivity index (χ0v) is 14.6. The number of hydrogen-bond acceptors (Lipinski definition) is 2. The Balaban J connectivity index is 2.66. The van der Waals surface area contributed by atoms with Crippen LogP contribution >= 0.6 is 0 Å². The quantitative estimate of drug-likeness (QED) is 0.718. The number of hydrogen-bond donors (Lipinski definition) is 1. The summed E-state index contributed by atoms with van der Waals surface area (Å²) < 4.78 is 6.00. The highest BCUT2D eigenvalue weighted by atomic mass is 16.5. The second-order valence-corrected chi connectivity index (χ2v) is 6.73. The second-order valence-electron chi connectivity index (χ2n) is 6.73. The van der Waals surface area contributed by atoms with Gasteiger partial charge in [-0.05, 0) is 42.9 Å². The molecule has 0 aliphatic rings. The highest BCUT2D eigenvalue weighted by molar-refractivity contribution is 5.25. The highest BCUT2D eigenvalue weighted by Gasteiger charge is 2.14. The van der Waals surface area contributed by atoms with Crippen LogP contribution in [0.25, 0.3) is 0 Å². The van der Waals surface area contributed by atoms with Gasteiger partial charge in [-0.25, -0.2) is 0 Å². The molecule has 0 radical (unpaired) electrons. The molecular weight excluding hydrogens is 258 g/mol. The fourth-order valence-corrected chi connectivity index (χ4v) is 2.32. The summed E-state index contributed by atoms with van der Waals surface area (Å²) in [5.74, 6) is 1.26. The standard InChI is InChI=1S/C19H33NO/c1-7-20-19(13-21-16(6)15(4)5)18-10-8-17(9-11-18)12-14(2)3/h8-11,14-16,19-20H,7,12-13H2,1-6H3. The Morgan fingerprint density at radius 2 is 1.62 bits per heavy atom. The van der Waals surface area contributed by atoms with Crippen molar-refractivity contribution in [2.75, 3.05) is 13.2 Å². The summed E-state index contributed by atoms with van der Waals surface area (Å²) in [5.41, 5.74) is 2.74. The first-order valence-corrected chi connectivity index (χ1v) is 8.37. The summed E-state index contributed by atoms with van der Waals surface area (Å²) in [6.07, 6.45) is 1.44. The molecule has 1 N–H and O–H groups in total. The molecule has 0 heterocycles. The monoisotopic (exact) mass is 291 g/mol. The molecule has 21 heavy (non-hydrogen) atoms. The first-order valence-electron chi connectivity index (χ1n) is 8.37. The Bertz CT molecular complexity index is 383. The van der Waals surface area contributed by atoms with Crippen molar-refractivity contribution in [3.63, 3.8) is 0 Å². The van der Waals surface area contributed by atoms with Gasteiger partial charge in [-0.3, -0.25) is 0 Å². The van der Waals surface area contributed by atoms with Crippen molar-refractivity contribution in [3.05, 3.63) is 35.4 Å². The minimum absolute atomic E-state index is 0.282. The van der Waals surface area contributed by atoms with Gasteiger partial charge in [0.05, 0.1) is 18.8 Å². The van der Waals surface area contributed by atoms with Crippen molar-refractivity contribution >= 4 is 0 Å². The van der Waals surface area contributed by atoms with Crippen molar-refractivity contribution in [3.8, 4) is 0 Å². The average molecular weight is 291 g/mol. The van der Waals surface area contributed by atoms with E-state index in [-0.39, 0.29) is 6.04 Å². The van der Waals surface area contributed by atoms with E-state index in [9.17, 15) is 0 Å². The van der Waals surface area contributed by atoms with Crippen LogP contribution in [-0.4, -0.2) is 19.3 Å². The highest BCUT2D eigenvalue weighted by Crippen LogP contribution is 2.18. The molecule has 2 heteroatoms. The van der Waals surface area contributed by atoms with Crippen molar-refractivity contribution in [2.24, 2.45) is 11.8 Å². The molecule has 2 unspecified atom stereocenters. The lowest BCUT2D eigenvalue weighted by molar-refractivity contribution is 0.0220. The molecule has 120 valence electrons. The molecule has 2 atom stereocenters. The minimum atomic E-state index is 0.282. The van der Waals surface area contributed by atoms with E-state index in [1.807, 2.05) is 0 Å². The Kier molecular flexibility index (Phi) is 7.98. The van der Waals surface area contributed by atoms with Gasteiger partial charge in [0.25, 0.3) is 0 Å². The molecule has 0 saturated carbocycles. The van der Waals surface area contributed by atoms with Gasteiger partial charge in [-0.15, -0.1) is 0 Å². The van der Waals surface area contributed by atoms with Crippen molar-refractivity contribution < 1.29 is 4.74 Å². The third-order valence-corrected chi connectivity index (χ3v) is 3.94. The zero-order chi connectivity index (χ0) is 15.8. The van der Waals surface area contributed by atoms with E-state index in [1.165, 1.54) is 11.1 Å². The van der Waals surface area contributed by atoms with Crippen molar-refractivity contribution in [2.45, 2.75) is 60.1 Å². The number of likely N-dealkylation sites (N-methyl/N-ethyl adjacent to an activating group) is 1. The van der Waals surface area contributed by atoms with E-state index in [4.69, 9.17) is 4.74 Å². The molecule has 0 amide bonds. The fraction of sp³-hybridized carbons (Fsp3) is 0.684. The molecule has 0 aromatic heterocycles. The summed E-state index contributed by atoms with van der Waals surface area (Å²) in [7, 11) is 0. The third kappa shape index (κ3) is 6.62. The lowest BCUT2D eigenvalue weighted by Crippen LogP contribution is -2.28. The topological polar surface area (TPSA) is 21.3 Å². The van der Waals surface area contributed by atoms with Gasteiger partial charge in [-0.1, -0.05) is 58.9 Å². The second kappa shape index (κ2) is 9.22. The van der Waals surface area contributed by atoms with Gasteiger partial charge in [0.15, 0.2) is 0 Å². The van der Waals surface area contributed by atoms with Crippen LogP contribution in [0, 0.1) is 11.8 Å². The predicted molar refractivity (Wildman–Crippen MR) is 91.7 cm³/mol. The first kappa shape index (κ1) is 18.2. The maximum absolute atomic E-state index is 6.00. The van der Waals surface area contributed by atoms with E-state index in [0.29, 0.717) is 17.9 Å². The van der Waals surface area contributed by atoms with E-state index in [2.05, 4.69) is 71.1 Å². The predicted octanol–water partition coefficient (Wildman–Crippen LogP) is 4.60. The summed E-state index contributed by atoms with van der Waals surface area (Å²) in [6.45, 7) is 14.9. The number of nitrogens with one attached hydrogen (secondary N) is 1. The molecule has 0 saturated heterocycles. The molecule has 0 aliphatic carbocycles. The normalized spacial score (nSPS) is 14.7. The van der Waals surface area contributed by atoms with Gasteiger partial charge in [0.1, 0.15) is 0 Å². The van der Waals surface area contributed by atoms with Crippen LogP contribution in [0.3, 0.4) is 0 Å². The van der Waals surface area contributed by atoms with E-state index in [0.717, 1.165) is 19.6 Å². The summed E-state index contributed by atoms with van der Waals surface area (Å²) in [5, 5.41) is 3.53. The minimum Gasteiger partial charge on any atom is -0.376 e. The Hall–Kier alpha value is -0.860. The SMILES string of the molecule is CCNC(COC(C)C(C)C)c1ccc(CC(C)C)cc1. The molecule has 0 spiro atoms. The van der Waals surface area contributed by atoms with Crippen LogP contribution in [0.1, 0.15) is 58.7 Å². The Labute approximate surface area is 131 Å². The third-order valence-electron chi connectivity index (χ3n) is 3.94. The van der Waals surface area contributed by atoms with Gasteiger partial charge in [0.2, 0.25) is 0 Å². The summed E-state index contributed by atoms with van der Waals surface area (Å²) in [4.78, 5) is 0. The van der Waals surface area contributed by atoms with Gasteiger partial charge in [-0.2, -0.15) is 0 Å². The molecule has 1 rings (SSSR count). The van der Waals surface area contributed by atoms with Crippen LogP contribution in [-0.2, 0) is 11.2 Å². The molecule has 2 nitrogen and oxygen atoms in total. The summed E-state index contributed by atoms with van der Waals surface area (Å²) in [6, 6.07) is 9.28. The molecule has 1 aromatic rings. The first-order chi connectivity index (χ1) is 9.93. The molecular formula is C19H33NO. The average Bonchev–Trinajstić information content (AvgIpc) is 2.43. The van der Waals surface area contributed by atoms with Gasteiger partial charge in [0, 0.05) is 0 Å². The Morgan fingerprint density at radius 1 is 1.00 bits per heavy atom. The lowest BCUT2D eigenvalue weighted by atomic mass is 9.99. The maximum Gasteiger partial charge on any atom is 0.0665 e. The molecule has 0 aliphatic heterocycles. The number of ether oxygens (including phenoxy) is 1. The lowest BCUT2D eigenvalue weighted by Gasteiger charge is -2.23. The van der Waals surface area contributed by atoms with E-state index < -0.39 is 0 Å². The van der Waals surface area contributed by atoms with Gasteiger partial charge < -0.3 is 10.1 Å². The van der Waals surface area contributed by atoms with Crippen LogP contribution in [0.5, 0.6) is 0 Å². The molecule has 0 bridgehead atoms. The Morgan fingerprint density at radius 3 is 2.10 bits per heavy atom. The van der Waals surface area contributed by atoms with E-state index in [1.54, 1.807) is 0 Å². The molecule has 0 fully saturated rings. The summed E-state index contributed by atoms with van der Waals surface area (Å²) >= 11 is 0. The molecule has 1 aromatic carbocycles. The van der Waals surface area contributed by atoms with Crippen LogP contribution in [0.4, 0.5) is 0 Å². The number of rotatable bonds is 9. The zero-order valence-electron chi connectivity index (χ0n) is 14.6. The smallest absolute Gasteiger partial charge is 0.0665 e. The number of benzene rings is 1. The maximum atomic E-state index is 6.00. The largest absolute Gasteiger partial charge is 0.376 e. The van der Waals surface area contributed by atoms with Crippen molar-refractivity contribution in [1.82, 2.24) is 5.32 Å². The van der Waals surface area contributed by atoms with Crippen LogP contribution in [0.2, 0.25) is 0 Å². The van der Waals surface area contributed by atoms with Crippen LogP contribution < -0.4 is 5.32 Å². The van der Waals surface area contributed by atoms with E-state index >= 15 is 0 Å². The van der Waals surface area contributed by atoms with Crippen LogP contribution in [0.15, 0.2) is 24.3 Å². The fourth-order valence-electron chi connectivity index (χ4n) is 2.32.